The molecule has 0 spiro atoms. The predicted molar refractivity (Wildman–Crippen MR) is 98.1 cm³/mol. The van der Waals surface area contributed by atoms with Gasteiger partial charge in [-0.05, 0) is 42.7 Å². The molecule has 1 heterocycles. The number of benzene rings is 2. The zero-order valence-electron chi connectivity index (χ0n) is 14.2. The van der Waals surface area contributed by atoms with Crippen LogP contribution >= 0.6 is 0 Å². The van der Waals surface area contributed by atoms with Crippen molar-refractivity contribution in [3.05, 3.63) is 60.2 Å². The lowest BCUT2D eigenvalue weighted by Gasteiger charge is -2.23. The van der Waals surface area contributed by atoms with Crippen LogP contribution in [0.2, 0.25) is 0 Å². The molecule has 25 heavy (non-hydrogen) atoms. The van der Waals surface area contributed by atoms with Gasteiger partial charge in [-0.1, -0.05) is 36.8 Å². The lowest BCUT2D eigenvalue weighted by Crippen LogP contribution is -2.40. The van der Waals surface area contributed by atoms with Gasteiger partial charge in [-0.15, -0.1) is 0 Å². The topological polar surface area (TPSA) is 75.4 Å². The zero-order chi connectivity index (χ0) is 17.6. The molecule has 1 fully saturated rings. The molecular formula is C20H23N3O2. The molecule has 0 aliphatic carbocycles. The molecule has 0 aromatic heterocycles. The first-order valence-corrected chi connectivity index (χ1v) is 8.62. The molecule has 2 amide bonds. The van der Waals surface area contributed by atoms with Crippen LogP contribution < -0.4 is 11.1 Å². The summed E-state index contributed by atoms with van der Waals surface area (Å²) in [7, 11) is 0. The fraction of sp³-hybridized carbons (Fsp3) is 0.300. The largest absolute Gasteiger partial charge is 0.369 e. The summed E-state index contributed by atoms with van der Waals surface area (Å²) in [6.45, 7) is 1.16. The van der Waals surface area contributed by atoms with Crippen molar-refractivity contribution >= 4 is 23.2 Å². The number of hydrogen-bond acceptors (Lipinski definition) is 3. The smallest absolute Gasteiger partial charge is 0.235 e. The van der Waals surface area contributed by atoms with E-state index in [4.69, 9.17) is 5.73 Å². The van der Waals surface area contributed by atoms with Crippen LogP contribution in [0, 0.1) is 5.92 Å². The fourth-order valence-electron chi connectivity index (χ4n) is 3.18. The van der Waals surface area contributed by atoms with Crippen LogP contribution in [0.4, 0.5) is 11.4 Å². The molecule has 3 N–H and O–H groups in total. The number of nitrogens with two attached hydrogens (primary N) is 1. The van der Waals surface area contributed by atoms with Gasteiger partial charge in [-0.3, -0.25) is 9.59 Å². The van der Waals surface area contributed by atoms with Crippen molar-refractivity contribution < 1.29 is 9.59 Å². The summed E-state index contributed by atoms with van der Waals surface area (Å²) in [4.78, 5) is 25.9. The van der Waals surface area contributed by atoms with Crippen molar-refractivity contribution in [1.29, 1.82) is 0 Å². The minimum atomic E-state index is -0.687. The Balaban J connectivity index is 1.72. The van der Waals surface area contributed by atoms with Gasteiger partial charge in [0.2, 0.25) is 11.8 Å². The maximum atomic E-state index is 12.6. The van der Waals surface area contributed by atoms with Gasteiger partial charge in [0.1, 0.15) is 5.92 Å². The predicted octanol–water partition coefficient (Wildman–Crippen LogP) is 3.04. The van der Waals surface area contributed by atoms with Gasteiger partial charge in [-0.25, -0.2) is 0 Å². The third-order valence-corrected chi connectivity index (χ3v) is 4.49. The summed E-state index contributed by atoms with van der Waals surface area (Å²) in [6.07, 6.45) is 2.31. The summed E-state index contributed by atoms with van der Waals surface area (Å²) >= 11 is 0. The van der Waals surface area contributed by atoms with E-state index in [1.807, 2.05) is 54.6 Å². The number of likely N-dealkylation sites (tertiary alicyclic amines) is 1. The monoisotopic (exact) mass is 337 g/mol. The minimum absolute atomic E-state index is 0.147. The third kappa shape index (κ3) is 4.38. The molecule has 1 aliphatic rings. The van der Waals surface area contributed by atoms with Crippen LogP contribution in [0.5, 0.6) is 0 Å². The van der Waals surface area contributed by atoms with E-state index in [0.717, 1.165) is 29.8 Å². The number of amides is 2. The van der Waals surface area contributed by atoms with Crippen LogP contribution in [0.25, 0.3) is 0 Å². The maximum Gasteiger partial charge on any atom is 0.235 e. The Morgan fingerprint density at radius 2 is 1.84 bits per heavy atom. The molecule has 5 heteroatoms. The van der Waals surface area contributed by atoms with Crippen LogP contribution in [-0.4, -0.2) is 23.3 Å². The Morgan fingerprint density at radius 3 is 2.60 bits per heavy atom. The highest BCUT2D eigenvalue weighted by Gasteiger charge is 2.30. The molecule has 5 nitrogen and oxygen atoms in total. The number of nitrogens with zero attached hydrogens (tertiary/aromatic N) is 1. The van der Waals surface area contributed by atoms with E-state index in [2.05, 4.69) is 5.32 Å². The first-order valence-electron chi connectivity index (χ1n) is 8.62. The van der Waals surface area contributed by atoms with Crippen LogP contribution in [0.1, 0.15) is 24.8 Å². The molecule has 3 rings (SSSR count). The Kier molecular flexibility index (Phi) is 5.33. The number of carbonyl (C=O) groups is 2. The lowest BCUT2D eigenvalue weighted by atomic mass is 10.0. The number of hydrogen-bond donors (Lipinski definition) is 2. The van der Waals surface area contributed by atoms with Gasteiger partial charge < -0.3 is 16.0 Å². The minimum Gasteiger partial charge on any atom is -0.369 e. The number of para-hydroxylation sites is 1. The second kappa shape index (κ2) is 7.83. The van der Waals surface area contributed by atoms with Gasteiger partial charge in [0.25, 0.3) is 0 Å². The van der Waals surface area contributed by atoms with E-state index in [1.54, 1.807) is 4.90 Å². The van der Waals surface area contributed by atoms with Crippen molar-refractivity contribution in [3.63, 3.8) is 0 Å². The van der Waals surface area contributed by atoms with Crippen molar-refractivity contribution in [1.82, 2.24) is 4.90 Å². The van der Waals surface area contributed by atoms with Crippen molar-refractivity contribution in [2.24, 2.45) is 11.7 Å². The molecule has 0 saturated carbocycles. The van der Waals surface area contributed by atoms with E-state index in [9.17, 15) is 9.59 Å². The number of nitrogens with one attached hydrogen (secondary N) is 1. The van der Waals surface area contributed by atoms with Gasteiger partial charge in [0.05, 0.1) is 0 Å². The van der Waals surface area contributed by atoms with Crippen LogP contribution in [0.15, 0.2) is 54.6 Å². The normalized spacial score (nSPS) is 17.8. The average molecular weight is 337 g/mol. The van der Waals surface area contributed by atoms with Gasteiger partial charge in [-0.2, -0.15) is 0 Å². The molecule has 1 aliphatic heterocycles. The fourth-order valence-corrected chi connectivity index (χ4v) is 3.18. The van der Waals surface area contributed by atoms with Crippen molar-refractivity contribution in [2.45, 2.75) is 25.8 Å². The Labute approximate surface area is 147 Å². The number of anilines is 2. The molecule has 0 radical (unpaired) electrons. The summed E-state index contributed by atoms with van der Waals surface area (Å²) in [5.74, 6) is -1.35. The molecule has 2 aromatic rings. The number of carbonyl (C=O) groups excluding carboxylic acids is 2. The van der Waals surface area contributed by atoms with E-state index in [-0.39, 0.29) is 5.91 Å². The van der Waals surface area contributed by atoms with Crippen LogP contribution in [-0.2, 0) is 16.1 Å². The molecule has 1 saturated heterocycles. The number of primary amides is 1. The second-order valence-electron chi connectivity index (χ2n) is 6.40. The highest BCUT2D eigenvalue weighted by Crippen LogP contribution is 2.22. The van der Waals surface area contributed by atoms with Gasteiger partial charge in [0, 0.05) is 24.5 Å². The summed E-state index contributed by atoms with van der Waals surface area (Å²) in [5.41, 5.74) is 8.41. The van der Waals surface area contributed by atoms with Gasteiger partial charge in [0.15, 0.2) is 0 Å². The highest BCUT2D eigenvalue weighted by atomic mass is 16.2. The lowest BCUT2D eigenvalue weighted by molar-refractivity contribution is -0.140. The third-order valence-electron chi connectivity index (χ3n) is 4.49. The maximum absolute atomic E-state index is 12.6. The Morgan fingerprint density at radius 1 is 1.08 bits per heavy atom. The molecule has 130 valence electrons. The van der Waals surface area contributed by atoms with Crippen LogP contribution in [0.3, 0.4) is 0 Å². The average Bonchev–Trinajstić information content (AvgIpc) is 2.78. The summed E-state index contributed by atoms with van der Waals surface area (Å²) in [6, 6.07) is 17.9. The molecular weight excluding hydrogens is 314 g/mol. The Hall–Kier alpha value is -2.82. The van der Waals surface area contributed by atoms with E-state index >= 15 is 0 Å². The molecule has 1 atom stereocenters. The first-order chi connectivity index (χ1) is 12.1. The summed E-state index contributed by atoms with van der Waals surface area (Å²) in [5, 5.41) is 3.35. The zero-order valence-corrected chi connectivity index (χ0v) is 14.2. The van der Waals surface area contributed by atoms with Gasteiger partial charge >= 0.3 is 0 Å². The standard InChI is InChI=1S/C20H23N3O2/c21-19(24)18-11-4-5-12-23(20(18)25)14-15-7-6-10-17(13-15)22-16-8-2-1-3-9-16/h1-3,6-10,13,18,22H,4-5,11-12,14H2,(H2,21,24). The summed E-state index contributed by atoms with van der Waals surface area (Å²) < 4.78 is 0. The quantitative estimate of drug-likeness (QED) is 0.824. The number of rotatable bonds is 5. The second-order valence-corrected chi connectivity index (χ2v) is 6.40. The van der Waals surface area contributed by atoms with E-state index in [1.165, 1.54) is 0 Å². The first kappa shape index (κ1) is 17.0. The SMILES string of the molecule is NC(=O)C1CCCCN(Cc2cccc(Nc3ccccc3)c2)C1=O. The van der Waals surface area contributed by atoms with Crippen molar-refractivity contribution in [3.8, 4) is 0 Å². The van der Waals surface area contributed by atoms with E-state index < -0.39 is 11.8 Å². The molecule has 0 bridgehead atoms. The Bertz CT molecular complexity index is 746. The van der Waals surface area contributed by atoms with Crippen molar-refractivity contribution in [2.75, 3.05) is 11.9 Å². The molecule has 1 unspecified atom stereocenters. The van der Waals surface area contributed by atoms with E-state index in [0.29, 0.717) is 19.5 Å². The molecule has 2 aromatic carbocycles. The highest BCUT2D eigenvalue weighted by molar-refractivity contribution is 5.99.